The molecule has 2 nitrogen and oxygen atoms in total. The average molecular weight is 267 g/mol. The highest BCUT2D eigenvalue weighted by Gasteiger charge is 2.31. The second kappa shape index (κ2) is 6.73. The van der Waals surface area contributed by atoms with E-state index in [4.69, 9.17) is 5.73 Å². The van der Waals surface area contributed by atoms with Gasteiger partial charge in [-0.15, -0.1) is 6.58 Å². The van der Waals surface area contributed by atoms with Gasteiger partial charge in [-0.1, -0.05) is 6.08 Å². The van der Waals surface area contributed by atoms with Crippen LogP contribution in [0.5, 0.6) is 0 Å². The van der Waals surface area contributed by atoms with Crippen LogP contribution in [0.2, 0.25) is 0 Å². The van der Waals surface area contributed by atoms with E-state index in [1.165, 1.54) is 6.08 Å². The van der Waals surface area contributed by atoms with Gasteiger partial charge in [-0.3, -0.25) is 4.79 Å². The molecule has 1 aromatic rings. The number of alkyl halides is 4. The summed E-state index contributed by atoms with van der Waals surface area (Å²) >= 11 is 0. The first kappa shape index (κ1) is 16.1. The largest absolute Gasteiger partial charge is 0.416 e. The average Bonchev–Trinajstić information content (AvgIpc) is 2.27. The summed E-state index contributed by atoms with van der Waals surface area (Å²) in [5, 5.41) is 0. The van der Waals surface area contributed by atoms with E-state index >= 15 is 0 Å². The van der Waals surface area contributed by atoms with Crippen molar-refractivity contribution in [3.05, 3.63) is 47.8 Å². The minimum Gasteiger partial charge on any atom is -0.366 e. The first-order chi connectivity index (χ1) is 8.22. The normalized spacial score (nSPS) is 10.3. The minimum atomic E-state index is -4.69. The van der Waals surface area contributed by atoms with Crippen LogP contribution in [-0.2, 0) is 6.18 Å². The molecule has 0 aliphatic carbocycles. The second-order valence-electron chi connectivity index (χ2n) is 3.03. The Morgan fingerprint density at radius 2 is 1.83 bits per heavy atom. The number of amides is 1. The summed E-state index contributed by atoms with van der Waals surface area (Å²) in [4.78, 5) is 10.5. The van der Waals surface area contributed by atoms with E-state index in [1.807, 2.05) is 0 Å². The highest BCUT2D eigenvalue weighted by atomic mass is 19.4. The van der Waals surface area contributed by atoms with E-state index in [0.717, 1.165) is 0 Å². The van der Waals surface area contributed by atoms with Gasteiger partial charge in [0.1, 0.15) is 12.5 Å². The summed E-state index contributed by atoms with van der Waals surface area (Å²) in [6.07, 6.45) is -3.48. The van der Waals surface area contributed by atoms with Gasteiger partial charge >= 0.3 is 6.18 Å². The molecule has 100 valence electrons. The van der Waals surface area contributed by atoms with Crippen molar-refractivity contribution >= 4 is 5.91 Å². The van der Waals surface area contributed by atoms with Crippen molar-refractivity contribution in [3.63, 3.8) is 0 Å². The van der Waals surface area contributed by atoms with E-state index in [1.54, 1.807) is 0 Å². The summed E-state index contributed by atoms with van der Waals surface area (Å²) in [6.45, 7) is 2.69. The minimum absolute atomic E-state index is 0.298. The van der Waals surface area contributed by atoms with E-state index < -0.39 is 35.7 Å². The number of rotatable bonds is 2. The molecule has 1 aromatic carbocycles. The van der Waals surface area contributed by atoms with Crippen molar-refractivity contribution < 1.29 is 26.7 Å². The number of allylic oxidation sites excluding steroid dienone is 1. The SMILES string of the molecule is C=CCF.NC(=O)c1cc(F)cc(C(F)(F)F)c1. The van der Waals surface area contributed by atoms with Crippen LogP contribution in [0.4, 0.5) is 22.0 Å². The van der Waals surface area contributed by atoms with Crippen LogP contribution in [-0.4, -0.2) is 12.6 Å². The van der Waals surface area contributed by atoms with Crippen molar-refractivity contribution in [1.29, 1.82) is 0 Å². The molecule has 0 aliphatic rings. The van der Waals surface area contributed by atoms with Crippen LogP contribution in [0.3, 0.4) is 0 Å². The van der Waals surface area contributed by atoms with Gasteiger partial charge < -0.3 is 5.73 Å². The molecule has 0 saturated carbocycles. The van der Waals surface area contributed by atoms with Gasteiger partial charge in [0.2, 0.25) is 5.91 Å². The van der Waals surface area contributed by atoms with Crippen LogP contribution in [0.1, 0.15) is 15.9 Å². The predicted molar refractivity (Wildman–Crippen MR) is 56.1 cm³/mol. The van der Waals surface area contributed by atoms with Crippen LogP contribution in [0.25, 0.3) is 0 Å². The van der Waals surface area contributed by atoms with E-state index in [-0.39, 0.29) is 0 Å². The predicted octanol–water partition coefficient (Wildman–Crippen LogP) is 3.09. The Morgan fingerprint density at radius 1 is 1.33 bits per heavy atom. The maximum atomic E-state index is 12.6. The molecule has 2 N–H and O–H groups in total. The lowest BCUT2D eigenvalue weighted by molar-refractivity contribution is -0.137. The Balaban J connectivity index is 0.000000631. The number of carbonyl (C=O) groups is 1. The van der Waals surface area contributed by atoms with Crippen LogP contribution >= 0.6 is 0 Å². The molecular formula is C11H10F5NO. The number of halogens is 5. The molecule has 1 rings (SSSR count). The molecule has 0 saturated heterocycles. The molecule has 0 bridgehead atoms. The Morgan fingerprint density at radius 3 is 2.17 bits per heavy atom. The molecule has 0 atom stereocenters. The highest BCUT2D eigenvalue weighted by molar-refractivity contribution is 5.92. The van der Waals surface area contributed by atoms with Gasteiger partial charge in [0.05, 0.1) is 5.56 Å². The Labute approximate surface area is 99.9 Å². The highest BCUT2D eigenvalue weighted by Crippen LogP contribution is 2.30. The number of hydrogen-bond donors (Lipinski definition) is 1. The fourth-order valence-electron chi connectivity index (χ4n) is 0.896. The van der Waals surface area contributed by atoms with Gasteiger partial charge in [0, 0.05) is 5.56 Å². The number of nitrogens with two attached hydrogens (primary N) is 1. The zero-order valence-electron chi connectivity index (χ0n) is 9.10. The third kappa shape index (κ3) is 5.42. The third-order valence-corrected chi connectivity index (χ3v) is 1.62. The molecule has 0 aliphatic heterocycles. The van der Waals surface area contributed by atoms with Gasteiger partial charge in [0.25, 0.3) is 0 Å². The Bertz CT molecular complexity index is 428. The lowest BCUT2D eigenvalue weighted by Gasteiger charge is -2.07. The Hall–Kier alpha value is -1.92. The summed E-state index contributed by atoms with van der Waals surface area (Å²) in [6, 6.07) is 1.45. The molecule has 1 amide bonds. The third-order valence-electron chi connectivity index (χ3n) is 1.62. The lowest BCUT2D eigenvalue weighted by atomic mass is 10.1. The molecule has 0 unspecified atom stereocenters. The number of benzene rings is 1. The van der Waals surface area contributed by atoms with Crippen LogP contribution in [0.15, 0.2) is 30.9 Å². The van der Waals surface area contributed by atoms with Crippen LogP contribution < -0.4 is 5.73 Å². The Kier molecular flexibility index (Phi) is 6.01. The van der Waals surface area contributed by atoms with E-state index in [2.05, 4.69) is 6.58 Å². The van der Waals surface area contributed by atoms with E-state index in [9.17, 15) is 26.7 Å². The zero-order chi connectivity index (χ0) is 14.3. The lowest BCUT2D eigenvalue weighted by Crippen LogP contribution is -2.14. The van der Waals surface area contributed by atoms with Gasteiger partial charge in [0.15, 0.2) is 0 Å². The topological polar surface area (TPSA) is 43.1 Å². The molecule has 0 spiro atoms. The number of primary amides is 1. The summed E-state index contributed by atoms with van der Waals surface area (Å²) in [5.74, 6) is -2.25. The maximum absolute atomic E-state index is 12.6. The molecule has 7 heteroatoms. The maximum Gasteiger partial charge on any atom is 0.416 e. The van der Waals surface area contributed by atoms with Crippen molar-refractivity contribution in [2.75, 3.05) is 6.67 Å². The molecule has 18 heavy (non-hydrogen) atoms. The molecule has 0 aromatic heterocycles. The smallest absolute Gasteiger partial charge is 0.366 e. The van der Waals surface area contributed by atoms with Crippen molar-refractivity contribution in [2.45, 2.75) is 6.18 Å². The standard InChI is InChI=1S/C8H5F4NO.C3H5F/c9-6-2-4(7(13)14)1-5(3-6)8(10,11)12;1-2-3-4/h1-3H,(H2,13,14);2H,1,3H2. The fourth-order valence-corrected chi connectivity index (χ4v) is 0.896. The first-order valence-electron chi connectivity index (χ1n) is 4.56. The number of hydrogen-bond acceptors (Lipinski definition) is 1. The van der Waals surface area contributed by atoms with Gasteiger partial charge in [-0.25, -0.2) is 8.78 Å². The summed E-state index contributed by atoms with van der Waals surface area (Å²) in [7, 11) is 0. The summed E-state index contributed by atoms with van der Waals surface area (Å²) in [5.41, 5.74) is 2.99. The molecule has 0 radical (unpaired) electrons. The quantitative estimate of drug-likeness (QED) is 0.649. The fraction of sp³-hybridized carbons (Fsp3) is 0.182. The number of carbonyl (C=O) groups excluding carboxylic acids is 1. The molecular weight excluding hydrogens is 257 g/mol. The second-order valence-corrected chi connectivity index (χ2v) is 3.03. The van der Waals surface area contributed by atoms with Crippen molar-refractivity contribution in [2.24, 2.45) is 5.73 Å². The van der Waals surface area contributed by atoms with Crippen LogP contribution in [0, 0.1) is 5.82 Å². The monoisotopic (exact) mass is 267 g/mol. The van der Waals surface area contributed by atoms with Crippen molar-refractivity contribution in [1.82, 2.24) is 0 Å². The van der Waals surface area contributed by atoms with Gasteiger partial charge in [-0.05, 0) is 18.2 Å². The van der Waals surface area contributed by atoms with Gasteiger partial charge in [-0.2, -0.15) is 13.2 Å². The molecule has 0 fully saturated rings. The zero-order valence-corrected chi connectivity index (χ0v) is 9.10. The molecule has 0 heterocycles. The summed E-state index contributed by atoms with van der Waals surface area (Å²) < 4.78 is 59.5. The first-order valence-corrected chi connectivity index (χ1v) is 4.56. The van der Waals surface area contributed by atoms with E-state index in [0.29, 0.717) is 18.2 Å². The van der Waals surface area contributed by atoms with Crippen molar-refractivity contribution in [3.8, 4) is 0 Å².